The Morgan fingerprint density at radius 3 is 0.892 bits per heavy atom. The van der Waals surface area contributed by atoms with Crippen molar-refractivity contribution in [3.63, 3.8) is 0 Å². The zero-order valence-corrected chi connectivity index (χ0v) is 29.4. The summed E-state index contributed by atoms with van der Waals surface area (Å²) in [6, 6.07) is 19.5. The van der Waals surface area contributed by atoms with Crippen LogP contribution in [0.3, 0.4) is 0 Å². The molecule has 0 spiro atoms. The molecule has 3 atom stereocenters. The molecule has 3 unspecified atom stereocenters. The standard InChI is InChI=1S/3C10H15P.CO.ClH.Ru/c3*1-3-8-6-5-7-10(11)9(8)4-2;1-2;;/h3*5-7H,3-4,11H2,1-2H3;;1H;. The van der Waals surface area contributed by atoms with Crippen LogP contribution in [-0.2, 0) is 61.2 Å². The summed E-state index contributed by atoms with van der Waals surface area (Å²) < 4.78 is 1.43. The van der Waals surface area contributed by atoms with Gasteiger partial charge in [-0.05, 0) is 87.8 Å². The third-order valence-electron chi connectivity index (χ3n) is 6.13. The summed E-state index contributed by atoms with van der Waals surface area (Å²) in [7, 11) is 8.38. The summed E-state index contributed by atoms with van der Waals surface area (Å²) in [6.07, 6.45) is 6.86. The van der Waals surface area contributed by atoms with Crippen LogP contribution in [0.2, 0.25) is 0 Å². The number of carbonyl (C=O) groups excluding carboxylic acids is 1. The van der Waals surface area contributed by atoms with E-state index >= 15 is 0 Å². The second-order valence-electron chi connectivity index (χ2n) is 8.15. The Kier molecular flexibility index (Phi) is 24.3. The molecule has 0 saturated heterocycles. The molecule has 0 aliphatic carbocycles. The van der Waals surface area contributed by atoms with E-state index in [4.69, 9.17) is 4.79 Å². The van der Waals surface area contributed by atoms with Gasteiger partial charge >= 0.3 is 27.1 Å². The molecule has 1 nitrogen and oxygen atoms in total. The number of aryl methyl sites for hydroxylation is 3. The van der Waals surface area contributed by atoms with Gasteiger partial charge in [-0.3, -0.25) is 0 Å². The van der Waals surface area contributed by atoms with Crippen LogP contribution < -0.4 is 15.9 Å². The molecule has 3 aromatic carbocycles. The van der Waals surface area contributed by atoms with E-state index in [1.807, 2.05) is 0 Å². The van der Waals surface area contributed by atoms with Crippen LogP contribution in [0, 0.1) is 0 Å². The van der Waals surface area contributed by atoms with Gasteiger partial charge in [0.1, 0.15) is 0 Å². The van der Waals surface area contributed by atoms with Crippen LogP contribution in [0.1, 0.15) is 74.9 Å². The first-order valence-corrected chi connectivity index (χ1v) is 15.4. The monoisotopic (exact) mass is 664 g/mol. The summed E-state index contributed by atoms with van der Waals surface area (Å²) in [6.45, 7) is 13.3. The van der Waals surface area contributed by atoms with Gasteiger partial charge in [0.25, 0.3) is 0 Å². The molecule has 0 N–H and O–H groups in total. The molecule has 3 aromatic rings. The average molecular weight is 664 g/mol. The summed E-state index contributed by atoms with van der Waals surface area (Å²) in [5, 5.41) is 4.06. The summed E-state index contributed by atoms with van der Waals surface area (Å²) in [5.41, 5.74) is 8.96. The number of rotatable bonds is 6. The molecule has 37 heavy (non-hydrogen) atoms. The van der Waals surface area contributed by atoms with Crippen LogP contribution in [0.5, 0.6) is 0 Å². The molecule has 0 saturated carbocycles. The van der Waals surface area contributed by atoms with Crippen molar-refractivity contribution in [1.82, 2.24) is 0 Å². The average Bonchev–Trinajstić information content (AvgIpc) is 2.89. The molecular formula is C31H46ClOP3Ru. The minimum atomic E-state index is 0. The van der Waals surface area contributed by atoms with Gasteiger partial charge in [0, 0.05) is 0 Å². The molecule has 0 fully saturated rings. The van der Waals surface area contributed by atoms with Gasteiger partial charge in [-0.1, -0.05) is 96.1 Å². The summed E-state index contributed by atoms with van der Waals surface area (Å²) in [5.74, 6) is 0. The first-order valence-electron chi connectivity index (χ1n) is 12.8. The van der Waals surface area contributed by atoms with Gasteiger partial charge < -0.3 is 0 Å². The van der Waals surface area contributed by atoms with Gasteiger partial charge in [0.2, 0.25) is 0 Å². The predicted molar refractivity (Wildman–Crippen MR) is 177 cm³/mol. The van der Waals surface area contributed by atoms with Crippen LogP contribution in [0.4, 0.5) is 0 Å². The molecule has 0 bridgehead atoms. The fourth-order valence-electron chi connectivity index (χ4n) is 4.25. The quantitative estimate of drug-likeness (QED) is 0.206. The van der Waals surface area contributed by atoms with Crippen LogP contribution in [0.15, 0.2) is 54.6 Å². The van der Waals surface area contributed by atoms with Gasteiger partial charge in [-0.15, -0.1) is 40.1 Å². The van der Waals surface area contributed by atoms with Crippen molar-refractivity contribution in [2.75, 3.05) is 0 Å². The van der Waals surface area contributed by atoms with E-state index < -0.39 is 0 Å². The second kappa shape index (κ2) is 23.3. The second-order valence-corrected chi connectivity index (χ2v) is 10.4. The molecule has 0 amide bonds. The van der Waals surface area contributed by atoms with E-state index in [1.54, 1.807) is 17.9 Å². The maximum atomic E-state index is 8.65. The minimum absolute atomic E-state index is 0. The molecule has 6 heteroatoms. The van der Waals surface area contributed by atoms with E-state index in [0.717, 1.165) is 38.5 Å². The predicted octanol–water partition coefficient (Wildman–Crippen LogP) is 6.96. The summed E-state index contributed by atoms with van der Waals surface area (Å²) in [4.78, 5) is 8.65. The number of benzene rings is 3. The molecule has 0 aliphatic rings. The van der Waals surface area contributed by atoms with Crippen molar-refractivity contribution in [3.8, 4) is 0 Å². The Balaban J connectivity index is 0. The van der Waals surface area contributed by atoms with Crippen LogP contribution in [0.25, 0.3) is 0 Å². The third kappa shape index (κ3) is 13.9. The molecular weight excluding hydrogens is 618 g/mol. The normalized spacial score (nSPS) is 9.24. The van der Waals surface area contributed by atoms with Gasteiger partial charge in [-0.2, -0.15) is 0 Å². The van der Waals surface area contributed by atoms with Gasteiger partial charge in [0.05, 0.1) is 0 Å². The first kappa shape index (κ1) is 38.6. The van der Waals surface area contributed by atoms with Crippen molar-refractivity contribution >= 4 is 60.5 Å². The van der Waals surface area contributed by atoms with Crippen molar-refractivity contribution in [2.24, 2.45) is 0 Å². The number of halogens is 1. The van der Waals surface area contributed by atoms with E-state index in [9.17, 15) is 0 Å². The van der Waals surface area contributed by atoms with E-state index in [-0.39, 0.29) is 12.4 Å². The molecule has 0 radical (unpaired) electrons. The molecule has 0 aliphatic heterocycles. The Morgan fingerprint density at radius 1 is 0.541 bits per heavy atom. The van der Waals surface area contributed by atoms with Gasteiger partial charge in [-0.25, -0.2) is 0 Å². The van der Waals surface area contributed by atoms with Crippen LogP contribution in [-0.4, -0.2) is 4.47 Å². The molecule has 3 rings (SSSR count). The Hall–Kier alpha value is -0.557. The zero-order chi connectivity index (χ0) is 27.5. The number of hydrogen-bond acceptors (Lipinski definition) is 1. The van der Waals surface area contributed by atoms with Gasteiger partial charge in [0.15, 0.2) is 0 Å². The van der Waals surface area contributed by atoms with E-state index in [1.165, 1.54) is 53.8 Å². The van der Waals surface area contributed by atoms with Crippen LogP contribution >= 0.6 is 40.1 Å². The Morgan fingerprint density at radius 2 is 0.757 bits per heavy atom. The summed E-state index contributed by atoms with van der Waals surface area (Å²) >= 11 is 1.70. The fraction of sp³-hybridized carbons (Fsp3) is 0.387. The van der Waals surface area contributed by atoms with Crippen molar-refractivity contribution < 1.29 is 22.6 Å². The maximum absolute atomic E-state index is 8.65. The van der Waals surface area contributed by atoms with E-state index in [2.05, 4.69) is 124 Å². The fourth-order valence-corrected chi connectivity index (χ4v) is 5.75. The van der Waals surface area contributed by atoms with Crippen molar-refractivity contribution in [1.29, 1.82) is 0 Å². The number of hydrogen-bond donors (Lipinski definition) is 0. The van der Waals surface area contributed by atoms with Crippen molar-refractivity contribution in [2.45, 2.75) is 80.1 Å². The molecule has 0 aromatic heterocycles. The first-order chi connectivity index (χ1) is 17.3. The zero-order valence-electron chi connectivity index (χ0n) is 23.3. The van der Waals surface area contributed by atoms with Crippen molar-refractivity contribution in [3.05, 3.63) is 88.0 Å². The molecule has 0 heterocycles. The Labute approximate surface area is 250 Å². The molecule has 206 valence electrons. The third-order valence-corrected chi connectivity index (χ3v) is 7.75. The Bertz CT molecular complexity index is 953. The topological polar surface area (TPSA) is 17.1 Å². The SMILES string of the molecule is CCc1cccc(P)c1CC.CCc1cccc(P)c1CC.CCc1cccc(P)c1CC.Cl.O=[C]=[Ru]. The van der Waals surface area contributed by atoms with E-state index in [0.29, 0.717) is 0 Å².